The highest BCUT2D eigenvalue weighted by molar-refractivity contribution is 7.98. The Kier molecular flexibility index (Phi) is 8.68. The smallest absolute Gasteiger partial charge is 0.254 e. The van der Waals surface area contributed by atoms with E-state index in [9.17, 15) is 14.0 Å². The van der Waals surface area contributed by atoms with Crippen molar-refractivity contribution in [1.82, 2.24) is 10.6 Å². The molecule has 0 heterocycles. The zero-order valence-electron chi connectivity index (χ0n) is 16.4. The summed E-state index contributed by atoms with van der Waals surface area (Å²) in [6.07, 6.45) is 0. The molecule has 1 unspecified atom stereocenters. The van der Waals surface area contributed by atoms with Crippen molar-refractivity contribution in [3.05, 3.63) is 71.0 Å². The number of carbonyl (C=O) groups is 2. The first-order chi connectivity index (χ1) is 13.9. The van der Waals surface area contributed by atoms with E-state index in [4.69, 9.17) is 5.26 Å². The van der Waals surface area contributed by atoms with Crippen molar-refractivity contribution in [3.63, 3.8) is 0 Å². The van der Waals surface area contributed by atoms with Crippen LogP contribution in [0, 0.1) is 23.1 Å². The molecule has 2 N–H and O–H groups in total. The van der Waals surface area contributed by atoms with Crippen molar-refractivity contribution in [3.8, 4) is 6.07 Å². The number of nitrogens with zero attached hydrogens (tertiary/aromatic N) is 1. The number of nitrogens with one attached hydrogen (secondary N) is 2. The van der Waals surface area contributed by atoms with Gasteiger partial charge in [-0.25, -0.2) is 4.39 Å². The summed E-state index contributed by atoms with van der Waals surface area (Å²) in [6, 6.07) is 14.5. The fourth-order valence-corrected chi connectivity index (χ4v) is 3.56. The molecule has 5 nitrogen and oxygen atoms in total. The van der Waals surface area contributed by atoms with Gasteiger partial charge in [0.15, 0.2) is 0 Å². The lowest BCUT2D eigenvalue weighted by Gasteiger charge is -2.22. The van der Waals surface area contributed by atoms with Crippen LogP contribution in [0.1, 0.15) is 35.3 Å². The molecule has 0 spiro atoms. The maximum absolute atomic E-state index is 13.8. The van der Waals surface area contributed by atoms with E-state index in [0.717, 1.165) is 5.56 Å². The van der Waals surface area contributed by atoms with Gasteiger partial charge < -0.3 is 10.6 Å². The molecule has 7 heteroatoms. The quantitative estimate of drug-likeness (QED) is 0.617. The van der Waals surface area contributed by atoms with E-state index in [-0.39, 0.29) is 17.4 Å². The molecular weight excluding hydrogens is 389 g/mol. The van der Waals surface area contributed by atoms with Crippen LogP contribution in [0.3, 0.4) is 0 Å². The maximum Gasteiger partial charge on any atom is 0.254 e. The number of halogens is 1. The predicted octanol–water partition coefficient (Wildman–Crippen LogP) is 3.50. The Morgan fingerprint density at radius 3 is 2.52 bits per heavy atom. The topological polar surface area (TPSA) is 82.0 Å². The Morgan fingerprint density at radius 1 is 1.14 bits per heavy atom. The number of thioether (sulfide) groups is 1. The van der Waals surface area contributed by atoms with E-state index in [1.807, 2.05) is 32.0 Å². The molecule has 0 fully saturated rings. The highest BCUT2D eigenvalue weighted by atomic mass is 32.2. The van der Waals surface area contributed by atoms with Crippen molar-refractivity contribution >= 4 is 23.6 Å². The third-order valence-corrected chi connectivity index (χ3v) is 5.30. The average Bonchev–Trinajstić information content (AvgIpc) is 2.71. The van der Waals surface area contributed by atoms with Crippen LogP contribution in [0.2, 0.25) is 0 Å². The van der Waals surface area contributed by atoms with Crippen molar-refractivity contribution in [1.29, 1.82) is 5.26 Å². The molecule has 0 saturated heterocycles. The second kappa shape index (κ2) is 11.2. The summed E-state index contributed by atoms with van der Waals surface area (Å²) < 4.78 is 13.8. The molecule has 0 bridgehead atoms. The van der Waals surface area contributed by atoms with Gasteiger partial charge >= 0.3 is 0 Å². The maximum atomic E-state index is 13.8. The summed E-state index contributed by atoms with van der Waals surface area (Å²) >= 11 is 1.61. The SMILES string of the molecule is CC(C)C(NC(=O)c1ccccc1F)C(=O)NCCSCc1ccccc1C#N. The summed E-state index contributed by atoms with van der Waals surface area (Å²) in [5, 5.41) is 14.5. The number of rotatable bonds is 9. The third kappa shape index (κ3) is 6.61. The molecule has 2 rings (SSSR count). The summed E-state index contributed by atoms with van der Waals surface area (Å²) in [4.78, 5) is 24.8. The van der Waals surface area contributed by atoms with E-state index in [1.54, 1.807) is 23.9 Å². The van der Waals surface area contributed by atoms with Crippen LogP contribution in [0.5, 0.6) is 0 Å². The minimum absolute atomic E-state index is 0.0855. The van der Waals surface area contributed by atoms with Gasteiger partial charge in [0.1, 0.15) is 11.9 Å². The fraction of sp³-hybridized carbons (Fsp3) is 0.318. The molecule has 0 aromatic heterocycles. The van der Waals surface area contributed by atoms with Crippen molar-refractivity contribution in [2.75, 3.05) is 12.3 Å². The Morgan fingerprint density at radius 2 is 1.83 bits per heavy atom. The van der Waals surface area contributed by atoms with Gasteiger partial charge in [0.2, 0.25) is 5.91 Å². The van der Waals surface area contributed by atoms with Crippen LogP contribution in [0.25, 0.3) is 0 Å². The number of hydrogen-bond donors (Lipinski definition) is 2. The van der Waals surface area contributed by atoms with Gasteiger partial charge in [-0.15, -0.1) is 0 Å². The number of benzene rings is 2. The highest BCUT2D eigenvalue weighted by Gasteiger charge is 2.25. The predicted molar refractivity (Wildman–Crippen MR) is 113 cm³/mol. The van der Waals surface area contributed by atoms with Gasteiger partial charge in [0, 0.05) is 18.1 Å². The van der Waals surface area contributed by atoms with Crippen LogP contribution >= 0.6 is 11.8 Å². The normalized spacial score (nSPS) is 11.6. The van der Waals surface area contributed by atoms with Crippen LogP contribution in [-0.2, 0) is 10.5 Å². The zero-order valence-corrected chi connectivity index (χ0v) is 17.3. The van der Waals surface area contributed by atoms with Crippen LogP contribution in [-0.4, -0.2) is 30.2 Å². The minimum Gasteiger partial charge on any atom is -0.353 e. The first-order valence-electron chi connectivity index (χ1n) is 9.33. The first kappa shape index (κ1) is 22.4. The summed E-state index contributed by atoms with van der Waals surface area (Å²) in [5.74, 6) is -0.348. The first-order valence-corrected chi connectivity index (χ1v) is 10.5. The summed E-state index contributed by atoms with van der Waals surface area (Å²) in [6.45, 7) is 4.07. The molecule has 2 amide bonds. The van der Waals surface area contributed by atoms with Crippen molar-refractivity contribution < 1.29 is 14.0 Å². The molecule has 29 heavy (non-hydrogen) atoms. The van der Waals surface area contributed by atoms with Crippen LogP contribution in [0.4, 0.5) is 4.39 Å². The molecule has 1 atom stereocenters. The van der Waals surface area contributed by atoms with Gasteiger partial charge in [0.05, 0.1) is 17.2 Å². The van der Waals surface area contributed by atoms with Crippen molar-refractivity contribution in [2.45, 2.75) is 25.6 Å². The molecular formula is C22H24FN3O2S. The second-order valence-corrected chi connectivity index (χ2v) is 7.89. The monoisotopic (exact) mass is 413 g/mol. The molecule has 152 valence electrons. The van der Waals surface area contributed by atoms with Gasteiger partial charge in [-0.05, 0) is 29.7 Å². The number of carbonyl (C=O) groups excluding carboxylic acids is 2. The number of amides is 2. The molecule has 0 radical (unpaired) electrons. The summed E-state index contributed by atoms with van der Waals surface area (Å²) in [5.41, 5.74) is 1.53. The fourth-order valence-electron chi connectivity index (χ4n) is 2.69. The molecule has 2 aromatic carbocycles. The van der Waals surface area contributed by atoms with Crippen LogP contribution in [0.15, 0.2) is 48.5 Å². The van der Waals surface area contributed by atoms with E-state index in [2.05, 4.69) is 16.7 Å². The lowest BCUT2D eigenvalue weighted by atomic mass is 10.0. The Balaban J connectivity index is 1.83. The number of nitriles is 1. The van der Waals surface area contributed by atoms with E-state index < -0.39 is 17.8 Å². The lowest BCUT2D eigenvalue weighted by molar-refractivity contribution is -0.123. The Labute approximate surface area is 174 Å². The second-order valence-electron chi connectivity index (χ2n) is 6.79. The van der Waals surface area contributed by atoms with Crippen molar-refractivity contribution in [2.24, 2.45) is 5.92 Å². The minimum atomic E-state index is -0.758. The average molecular weight is 414 g/mol. The molecule has 0 aliphatic heterocycles. The van der Waals surface area contributed by atoms with Crippen LogP contribution < -0.4 is 10.6 Å². The lowest BCUT2D eigenvalue weighted by Crippen LogP contribution is -2.50. The molecule has 0 aliphatic carbocycles. The largest absolute Gasteiger partial charge is 0.353 e. The number of hydrogen-bond acceptors (Lipinski definition) is 4. The molecule has 2 aromatic rings. The van der Waals surface area contributed by atoms with E-state index >= 15 is 0 Å². The zero-order chi connectivity index (χ0) is 21.2. The van der Waals surface area contributed by atoms with E-state index in [0.29, 0.717) is 23.6 Å². The third-order valence-electron chi connectivity index (χ3n) is 4.30. The van der Waals surface area contributed by atoms with Gasteiger partial charge in [-0.1, -0.05) is 44.2 Å². The standard InChI is InChI=1S/C22H24FN3O2S/c1-15(2)20(26-21(27)18-9-5-6-10-19(18)23)22(28)25-11-12-29-14-17-8-4-3-7-16(17)13-24/h3-10,15,20H,11-12,14H2,1-2H3,(H,25,28)(H,26,27). The Bertz CT molecular complexity index is 896. The molecule has 0 saturated carbocycles. The highest BCUT2D eigenvalue weighted by Crippen LogP contribution is 2.15. The Hall–Kier alpha value is -2.85. The van der Waals surface area contributed by atoms with E-state index in [1.165, 1.54) is 18.2 Å². The van der Waals surface area contributed by atoms with Gasteiger partial charge in [-0.3, -0.25) is 9.59 Å². The van der Waals surface area contributed by atoms with Gasteiger partial charge in [0.25, 0.3) is 5.91 Å². The summed E-state index contributed by atoms with van der Waals surface area (Å²) in [7, 11) is 0. The molecule has 0 aliphatic rings. The van der Waals surface area contributed by atoms with Gasteiger partial charge in [-0.2, -0.15) is 17.0 Å².